The van der Waals surface area contributed by atoms with E-state index >= 15 is 0 Å². The van der Waals surface area contributed by atoms with Crippen LogP contribution in [0, 0.1) is 50.7 Å². The fourth-order valence-electron chi connectivity index (χ4n) is 12.3. The Balaban J connectivity index is 1.35. The third kappa shape index (κ3) is 4.46. The number of fused-ring (bicyclic) bond motifs is 7. The molecule has 0 amide bonds. The van der Waals surface area contributed by atoms with Crippen molar-refractivity contribution in [3.63, 3.8) is 0 Å². The number of aliphatic hydroxyl groups is 7. The Morgan fingerprint density at radius 2 is 1.57 bits per heavy atom. The van der Waals surface area contributed by atoms with Crippen LogP contribution in [0.2, 0.25) is 0 Å². The zero-order valence-corrected chi connectivity index (χ0v) is 28.6. The van der Waals surface area contributed by atoms with Gasteiger partial charge in [-0.15, -0.1) is 0 Å². The Morgan fingerprint density at radius 1 is 0.891 bits per heavy atom. The van der Waals surface area contributed by atoms with Gasteiger partial charge in [-0.2, -0.15) is 0 Å². The second kappa shape index (κ2) is 10.9. The van der Waals surface area contributed by atoms with Crippen LogP contribution in [-0.4, -0.2) is 96.8 Å². The Bertz CT molecular complexity index is 1250. The zero-order valence-electron chi connectivity index (χ0n) is 28.6. The number of ether oxygens (including phenoxy) is 2. The van der Waals surface area contributed by atoms with Gasteiger partial charge >= 0.3 is 5.97 Å². The van der Waals surface area contributed by atoms with Crippen LogP contribution in [0.4, 0.5) is 0 Å². The molecule has 0 spiro atoms. The largest absolute Gasteiger partial charge is 0.462 e. The van der Waals surface area contributed by atoms with Gasteiger partial charge in [-0.1, -0.05) is 53.2 Å². The molecular weight excluding hydrogens is 592 g/mol. The van der Waals surface area contributed by atoms with E-state index in [9.17, 15) is 40.5 Å². The van der Waals surface area contributed by atoms with Gasteiger partial charge in [0.1, 0.15) is 31.0 Å². The normalized spacial score (nSPS) is 56.4. The highest BCUT2D eigenvalue weighted by molar-refractivity contribution is 5.79. The molecule has 0 bridgehead atoms. The van der Waals surface area contributed by atoms with Crippen LogP contribution in [0.3, 0.4) is 0 Å². The van der Waals surface area contributed by atoms with E-state index in [-0.39, 0.29) is 34.0 Å². The number of allylic oxidation sites excluding steroid dienone is 1. The summed E-state index contributed by atoms with van der Waals surface area (Å²) in [6.45, 7) is 14.7. The van der Waals surface area contributed by atoms with E-state index in [0.29, 0.717) is 25.7 Å². The fourth-order valence-corrected chi connectivity index (χ4v) is 12.3. The molecule has 1 heterocycles. The van der Waals surface area contributed by atoms with E-state index in [0.717, 1.165) is 31.3 Å². The first kappa shape index (κ1) is 34.7. The lowest BCUT2D eigenvalue weighted by Gasteiger charge is -2.72. The first-order valence-corrected chi connectivity index (χ1v) is 17.5. The van der Waals surface area contributed by atoms with E-state index in [4.69, 9.17) is 9.47 Å². The average molecular weight is 651 g/mol. The van der Waals surface area contributed by atoms with Gasteiger partial charge in [0.2, 0.25) is 0 Å². The van der Waals surface area contributed by atoms with Crippen molar-refractivity contribution in [3.8, 4) is 0 Å². The average Bonchev–Trinajstić information content (AvgIpc) is 2.98. The van der Waals surface area contributed by atoms with Gasteiger partial charge in [0.15, 0.2) is 6.29 Å². The summed E-state index contributed by atoms with van der Waals surface area (Å²) < 4.78 is 11.2. The SMILES string of the molecule is C[C@@H]1CC[C@]2(C(=O)OC[C@H]3OC(O)[C@H](O)[C@@H](O)[C@@H]3O)CC[C@]3(C)C(=CCC4[C@@]5(C)C[C@@H](O)[C@@H](O)C(C)(C)C5CC[C@]43C)C2C1(C)O. The Morgan fingerprint density at radius 3 is 2.24 bits per heavy atom. The molecule has 0 radical (unpaired) electrons. The van der Waals surface area contributed by atoms with Crippen molar-refractivity contribution in [2.45, 2.75) is 148 Å². The number of carbonyl (C=O) groups is 1. The van der Waals surface area contributed by atoms with Crippen molar-refractivity contribution in [1.82, 2.24) is 0 Å². The maximum Gasteiger partial charge on any atom is 0.312 e. The standard InChI is InChI=1S/C36H58O10/c1-18-10-13-36(30(43)45-17-21-24(38)25(39)26(40)29(42)46-21)15-14-33(5)19(27(36)35(18,7)44)8-9-23-32(4)16-20(37)28(41)31(2,3)22(32)11-12-34(23,33)6/h8,18,20-29,37-42,44H,9-17H2,1-7H3/t18-,20-,21-,22?,23?,24-,25+,26-,27?,28-,29?,32+,33-,34-,35?,36+/m1/s1. The quantitative estimate of drug-likeness (QED) is 0.177. The number of carbonyl (C=O) groups excluding carboxylic acids is 1. The monoisotopic (exact) mass is 650 g/mol. The summed E-state index contributed by atoms with van der Waals surface area (Å²) in [5, 5.41) is 75.0. The summed E-state index contributed by atoms with van der Waals surface area (Å²) in [6.07, 6.45) is -1.47. The minimum atomic E-state index is -1.73. The fraction of sp³-hybridized carbons (Fsp3) is 0.917. The highest BCUT2D eigenvalue weighted by Gasteiger charge is 2.72. The second-order valence-corrected chi connectivity index (χ2v) is 17.7. The van der Waals surface area contributed by atoms with Crippen molar-refractivity contribution in [3.05, 3.63) is 11.6 Å². The van der Waals surface area contributed by atoms with Gasteiger partial charge in [-0.25, -0.2) is 0 Å². The first-order chi connectivity index (χ1) is 21.2. The van der Waals surface area contributed by atoms with Gasteiger partial charge in [0.05, 0.1) is 23.2 Å². The molecule has 1 aliphatic heterocycles. The Kier molecular flexibility index (Phi) is 8.27. The van der Waals surface area contributed by atoms with Gasteiger partial charge in [0, 0.05) is 5.92 Å². The predicted octanol–water partition coefficient (Wildman–Crippen LogP) is 2.43. The van der Waals surface area contributed by atoms with E-state index in [1.165, 1.54) is 0 Å². The van der Waals surface area contributed by atoms with Crippen LogP contribution >= 0.6 is 0 Å². The van der Waals surface area contributed by atoms with Gasteiger partial charge in [0.25, 0.3) is 0 Å². The maximum absolute atomic E-state index is 14.3. The number of hydrogen-bond donors (Lipinski definition) is 7. The highest BCUT2D eigenvalue weighted by Crippen LogP contribution is 2.76. The van der Waals surface area contributed by atoms with Crippen LogP contribution in [-0.2, 0) is 14.3 Å². The van der Waals surface area contributed by atoms with E-state index in [1.807, 2.05) is 13.8 Å². The lowest BCUT2D eigenvalue weighted by atomic mass is 9.33. The molecule has 262 valence electrons. The maximum atomic E-state index is 14.3. The lowest BCUT2D eigenvalue weighted by molar-refractivity contribution is -0.288. The van der Waals surface area contributed by atoms with Crippen molar-refractivity contribution in [2.75, 3.05) is 6.61 Å². The Hall–Kier alpha value is -1.11. The molecule has 5 fully saturated rings. The van der Waals surface area contributed by atoms with Crippen LogP contribution in [0.15, 0.2) is 11.6 Å². The molecule has 46 heavy (non-hydrogen) atoms. The molecular formula is C36H58O10. The van der Waals surface area contributed by atoms with E-state index in [2.05, 4.69) is 40.7 Å². The number of aliphatic hydroxyl groups excluding tert-OH is 6. The predicted molar refractivity (Wildman–Crippen MR) is 168 cm³/mol. The molecule has 10 heteroatoms. The van der Waals surface area contributed by atoms with Crippen molar-refractivity contribution < 1.29 is 50.0 Å². The van der Waals surface area contributed by atoms with Crippen LogP contribution in [0.5, 0.6) is 0 Å². The second-order valence-electron chi connectivity index (χ2n) is 17.7. The number of esters is 1. The van der Waals surface area contributed by atoms with Gasteiger partial charge in [-0.3, -0.25) is 4.79 Å². The summed E-state index contributed by atoms with van der Waals surface area (Å²) in [6, 6.07) is 0. The summed E-state index contributed by atoms with van der Waals surface area (Å²) in [5.74, 6) is -0.540. The highest BCUT2D eigenvalue weighted by atomic mass is 16.6. The summed E-state index contributed by atoms with van der Waals surface area (Å²) in [5.41, 5.74) is -2.19. The minimum Gasteiger partial charge on any atom is -0.462 e. The van der Waals surface area contributed by atoms with Crippen molar-refractivity contribution >= 4 is 5.97 Å². The molecule has 6 aliphatic rings. The molecule has 7 N–H and O–H groups in total. The molecule has 4 saturated carbocycles. The third-order valence-electron chi connectivity index (χ3n) is 15.5. The molecule has 1 saturated heterocycles. The molecule has 5 unspecified atom stereocenters. The smallest absolute Gasteiger partial charge is 0.312 e. The van der Waals surface area contributed by atoms with E-state index < -0.39 is 77.8 Å². The van der Waals surface area contributed by atoms with Crippen molar-refractivity contribution in [1.29, 1.82) is 0 Å². The minimum absolute atomic E-state index is 0.0634. The van der Waals surface area contributed by atoms with E-state index in [1.54, 1.807) is 0 Å². The number of rotatable bonds is 3. The summed E-state index contributed by atoms with van der Waals surface area (Å²) in [7, 11) is 0. The van der Waals surface area contributed by atoms with Crippen LogP contribution in [0.1, 0.15) is 99.8 Å². The summed E-state index contributed by atoms with van der Waals surface area (Å²) >= 11 is 0. The molecule has 5 aliphatic carbocycles. The summed E-state index contributed by atoms with van der Waals surface area (Å²) in [4.78, 5) is 14.3. The zero-order chi connectivity index (χ0) is 34.0. The van der Waals surface area contributed by atoms with Gasteiger partial charge in [-0.05, 0) is 97.7 Å². The lowest BCUT2D eigenvalue weighted by Crippen LogP contribution is -2.69. The molecule has 16 atom stereocenters. The first-order valence-electron chi connectivity index (χ1n) is 17.5. The number of hydrogen-bond acceptors (Lipinski definition) is 10. The molecule has 0 aromatic carbocycles. The molecule has 0 aromatic rings. The Labute approximate surface area is 273 Å². The molecule has 6 rings (SSSR count). The van der Waals surface area contributed by atoms with Gasteiger partial charge < -0.3 is 45.2 Å². The molecule has 10 nitrogen and oxygen atoms in total. The van der Waals surface area contributed by atoms with Crippen LogP contribution < -0.4 is 0 Å². The topological polar surface area (TPSA) is 177 Å². The molecule has 0 aromatic heterocycles. The van der Waals surface area contributed by atoms with Crippen molar-refractivity contribution in [2.24, 2.45) is 50.7 Å². The van der Waals surface area contributed by atoms with Crippen LogP contribution in [0.25, 0.3) is 0 Å². The third-order valence-corrected chi connectivity index (χ3v) is 15.5.